The molecule has 0 radical (unpaired) electrons. The van der Waals surface area contributed by atoms with Crippen molar-refractivity contribution in [2.24, 2.45) is 5.41 Å². The molecule has 0 aromatic heterocycles. The molecule has 4 aromatic rings. The van der Waals surface area contributed by atoms with Crippen molar-refractivity contribution in [2.75, 3.05) is 0 Å². The van der Waals surface area contributed by atoms with Gasteiger partial charge in [-0.05, 0) is 52.1 Å². The van der Waals surface area contributed by atoms with E-state index in [1.165, 1.54) is 90.3 Å². The molecule has 0 nitrogen and oxygen atoms in total. The van der Waals surface area contributed by atoms with Crippen molar-refractivity contribution < 1.29 is 21.7 Å². The molecule has 0 aliphatic heterocycles. The van der Waals surface area contributed by atoms with E-state index in [1.54, 1.807) is 0 Å². The molecule has 1 aliphatic carbocycles. The molecule has 0 fully saturated rings. The Hall–Kier alpha value is -3.19. The third-order valence-corrected chi connectivity index (χ3v) is 8.86. The summed E-state index contributed by atoms with van der Waals surface area (Å²) in [4.78, 5) is 0. The zero-order valence-electron chi connectivity index (χ0n) is 28.0. The van der Waals surface area contributed by atoms with Gasteiger partial charge in [-0.3, -0.25) is 0 Å². The number of benzene rings is 4. The molecule has 45 heavy (non-hydrogen) atoms. The first-order chi connectivity index (χ1) is 21.5. The van der Waals surface area contributed by atoms with Crippen molar-refractivity contribution in [1.82, 2.24) is 0 Å². The second-order valence-electron chi connectivity index (χ2n) is 12.9. The van der Waals surface area contributed by atoms with Crippen molar-refractivity contribution in [2.45, 2.75) is 85.0 Å². The molecule has 4 aromatic carbocycles. The molecule has 0 saturated heterocycles. The molecule has 0 amide bonds. The molecular weight excluding hydrogens is 576 g/mol. The number of allylic oxidation sites excluding steroid dienone is 3. The second kappa shape index (κ2) is 19.4. The van der Waals surface area contributed by atoms with E-state index in [0.717, 1.165) is 0 Å². The quantitative estimate of drug-likeness (QED) is 0.0785. The van der Waals surface area contributed by atoms with Crippen molar-refractivity contribution in [3.8, 4) is 11.1 Å². The number of hydrogen-bond donors (Lipinski definition) is 0. The fourth-order valence-corrected chi connectivity index (χ4v) is 6.60. The molecule has 230 valence electrons. The van der Waals surface area contributed by atoms with E-state index in [-0.39, 0.29) is 21.7 Å². The van der Waals surface area contributed by atoms with Gasteiger partial charge in [0.2, 0.25) is 0 Å². The van der Waals surface area contributed by atoms with Crippen molar-refractivity contribution >= 4 is 18.2 Å². The Morgan fingerprint density at radius 2 is 1.11 bits per heavy atom. The van der Waals surface area contributed by atoms with Gasteiger partial charge in [0.1, 0.15) is 0 Å². The van der Waals surface area contributed by atoms with Crippen LogP contribution in [-0.4, -0.2) is 0 Å². The largest absolute Gasteiger partial charge is 2.00 e. The molecule has 0 bridgehead atoms. The molecule has 1 aliphatic rings. The van der Waals surface area contributed by atoms with Crippen LogP contribution >= 0.6 is 0 Å². The summed E-state index contributed by atoms with van der Waals surface area (Å²) in [6.45, 7) is 9.60. The topological polar surface area (TPSA) is 0 Å². The van der Waals surface area contributed by atoms with Crippen LogP contribution in [0.1, 0.15) is 107 Å². The Kier molecular flexibility index (Phi) is 15.6. The van der Waals surface area contributed by atoms with Crippen LogP contribution in [0.5, 0.6) is 0 Å². The minimum Gasteiger partial charge on any atom is -0.0654 e. The van der Waals surface area contributed by atoms with Gasteiger partial charge >= 0.3 is 21.7 Å². The molecule has 1 heteroatoms. The zero-order valence-corrected chi connectivity index (χ0v) is 29.6. The Bertz CT molecular complexity index is 1430. The summed E-state index contributed by atoms with van der Waals surface area (Å²) in [5.74, 6) is 0.547. The van der Waals surface area contributed by atoms with Gasteiger partial charge in [0.15, 0.2) is 0 Å². The molecule has 1 unspecified atom stereocenters. The third kappa shape index (κ3) is 11.3. The van der Waals surface area contributed by atoms with Crippen LogP contribution in [0.15, 0.2) is 127 Å². The average Bonchev–Trinajstić information content (AvgIpc) is 3.41. The van der Waals surface area contributed by atoms with Gasteiger partial charge in [0.25, 0.3) is 0 Å². The van der Waals surface area contributed by atoms with Gasteiger partial charge in [-0.1, -0.05) is 211 Å². The van der Waals surface area contributed by atoms with Crippen LogP contribution in [0.2, 0.25) is 0 Å². The van der Waals surface area contributed by atoms with E-state index in [2.05, 4.69) is 131 Å². The summed E-state index contributed by atoms with van der Waals surface area (Å²) in [5, 5.41) is 0. The maximum absolute atomic E-state index is 2.48. The summed E-state index contributed by atoms with van der Waals surface area (Å²) < 4.78 is 0. The van der Waals surface area contributed by atoms with E-state index >= 15 is 0 Å². The van der Waals surface area contributed by atoms with Crippen molar-refractivity contribution in [3.05, 3.63) is 149 Å². The maximum atomic E-state index is 2.48. The first-order valence-corrected chi connectivity index (χ1v) is 16.8. The van der Waals surface area contributed by atoms with Gasteiger partial charge < -0.3 is 0 Å². The van der Waals surface area contributed by atoms with Crippen LogP contribution in [0, 0.1) is 5.41 Å². The molecule has 1 atom stereocenters. The molecule has 5 rings (SSSR count). The normalized spacial score (nSPS) is 14.0. The summed E-state index contributed by atoms with van der Waals surface area (Å²) in [5.41, 5.74) is 9.98. The van der Waals surface area contributed by atoms with Gasteiger partial charge in [0.05, 0.1) is 0 Å². The molecular formula is C44H52Ti+2. The summed E-state index contributed by atoms with van der Waals surface area (Å²) >= 11 is 0. The first kappa shape index (κ1) is 36.3. The van der Waals surface area contributed by atoms with Crippen LogP contribution in [-0.2, 0) is 21.7 Å². The Balaban J connectivity index is 0.000000276. The van der Waals surface area contributed by atoms with Gasteiger partial charge in [-0.2, -0.15) is 0 Å². The number of fused-ring (bicyclic) bond motifs is 1. The Morgan fingerprint density at radius 3 is 1.67 bits per heavy atom. The predicted molar refractivity (Wildman–Crippen MR) is 196 cm³/mol. The minimum atomic E-state index is 0. The standard InChI is InChI=1S/C28H38.C16H14.Ti/c1-5-6-7-8-9-10-14-20-28(3,4)27-22(2)21-26-24(18-15-19-25(26)27)23-16-12-11-13-17-23;1-3-9-15(10-4-1)13-7-8-14-16-11-5-2-6-12-16;/h11-13,15-19,21,27H,5-10,14,20H2,1-4H3;1-14H;/q;;+2. The Morgan fingerprint density at radius 1 is 0.600 bits per heavy atom. The Labute approximate surface area is 289 Å². The van der Waals surface area contributed by atoms with E-state index < -0.39 is 0 Å². The predicted octanol–water partition coefficient (Wildman–Crippen LogP) is 13.4. The number of rotatable bonds is 13. The first-order valence-electron chi connectivity index (χ1n) is 16.8. The molecule has 0 heterocycles. The van der Waals surface area contributed by atoms with Crippen molar-refractivity contribution in [1.29, 1.82) is 0 Å². The van der Waals surface area contributed by atoms with Crippen LogP contribution in [0.4, 0.5) is 0 Å². The van der Waals surface area contributed by atoms with E-state index in [9.17, 15) is 0 Å². The van der Waals surface area contributed by atoms with Crippen LogP contribution in [0.3, 0.4) is 0 Å². The number of hydrogen-bond acceptors (Lipinski definition) is 0. The maximum Gasteiger partial charge on any atom is 2.00 e. The van der Waals surface area contributed by atoms with Gasteiger partial charge in [-0.15, -0.1) is 0 Å². The fraction of sp³-hybridized carbons (Fsp3) is 0.318. The number of unbranched alkanes of at least 4 members (excludes halogenated alkanes) is 6. The van der Waals surface area contributed by atoms with E-state index in [1.807, 2.05) is 36.4 Å². The second-order valence-corrected chi connectivity index (χ2v) is 12.9. The van der Waals surface area contributed by atoms with Crippen LogP contribution in [0.25, 0.3) is 29.4 Å². The minimum absolute atomic E-state index is 0. The molecule has 0 spiro atoms. The zero-order chi connectivity index (χ0) is 31.0. The van der Waals surface area contributed by atoms with Gasteiger partial charge in [-0.25, -0.2) is 0 Å². The van der Waals surface area contributed by atoms with Crippen LogP contribution < -0.4 is 0 Å². The SMILES string of the molecule is C(C=Cc1ccccc1)=Cc1ccccc1.CCCCCCCCCC(C)(C)C1C(C)=Cc2c(-c3ccccc3)cccc21.[Ti+2]. The van der Waals surface area contributed by atoms with E-state index in [0.29, 0.717) is 11.3 Å². The monoisotopic (exact) mass is 628 g/mol. The van der Waals surface area contributed by atoms with Crippen molar-refractivity contribution in [3.63, 3.8) is 0 Å². The summed E-state index contributed by atoms with van der Waals surface area (Å²) in [6.07, 6.45) is 21.8. The molecule has 0 saturated carbocycles. The van der Waals surface area contributed by atoms with Gasteiger partial charge in [0, 0.05) is 5.92 Å². The smallest absolute Gasteiger partial charge is 0.0654 e. The summed E-state index contributed by atoms with van der Waals surface area (Å²) in [7, 11) is 0. The summed E-state index contributed by atoms with van der Waals surface area (Å²) in [6, 6.07) is 38.3. The average molecular weight is 629 g/mol. The third-order valence-electron chi connectivity index (χ3n) is 8.86. The molecule has 0 N–H and O–H groups in total. The van der Waals surface area contributed by atoms with E-state index in [4.69, 9.17) is 0 Å². The fourth-order valence-electron chi connectivity index (χ4n) is 6.60.